The second-order valence-electron chi connectivity index (χ2n) is 5.95. The van der Waals surface area contributed by atoms with E-state index in [1.807, 2.05) is 0 Å². The van der Waals surface area contributed by atoms with E-state index in [0.717, 1.165) is 13.1 Å². The number of nitrogens with zero attached hydrogens (tertiary/aromatic N) is 2. The molecule has 0 aliphatic carbocycles. The Morgan fingerprint density at radius 1 is 1.09 bits per heavy atom. The fourth-order valence-corrected chi connectivity index (χ4v) is 3.29. The van der Waals surface area contributed by atoms with E-state index >= 15 is 0 Å². The standard InChI is InChI=1S/C19H19N3/c1-14-5-3-7-17(18(14)19-20-9-12-21(19)2)15-8-11-22-10-4-6-16(22)13-15/h3-8,10-11,13H,9,12H2,1-2H3/p+1. The number of nitrogens with one attached hydrogen (secondary N) is 1. The number of aromatic nitrogens is 1. The Bertz CT molecular complexity index is 887. The third-order valence-electron chi connectivity index (χ3n) is 4.47. The Labute approximate surface area is 130 Å². The summed E-state index contributed by atoms with van der Waals surface area (Å²) in [4.78, 5) is 0. The van der Waals surface area contributed by atoms with E-state index in [9.17, 15) is 0 Å². The molecule has 110 valence electrons. The highest BCUT2D eigenvalue weighted by Gasteiger charge is 2.24. The number of hydrogen-bond acceptors (Lipinski definition) is 1. The average molecular weight is 290 g/mol. The number of fused-ring (bicyclic) bond motifs is 1. The molecule has 3 aromatic rings. The fourth-order valence-electron chi connectivity index (χ4n) is 3.29. The van der Waals surface area contributed by atoms with Crippen LogP contribution in [-0.2, 0) is 0 Å². The first-order valence-corrected chi connectivity index (χ1v) is 7.73. The van der Waals surface area contributed by atoms with Crippen molar-refractivity contribution in [2.45, 2.75) is 6.92 Å². The fraction of sp³-hybridized carbons (Fsp3) is 0.211. The number of pyridine rings is 1. The molecule has 0 spiro atoms. The van der Waals surface area contributed by atoms with Crippen LogP contribution in [0.2, 0.25) is 0 Å². The first-order chi connectivity index (χ1) is 10.7. The van der Waals surface area contributed by atoms with Crippen LogP contribution in [-0.4, -0.2) is 34.9 Å². The van der Waals surface area contributed by atoms with E-state index in [0.29, 0.717) is 0 Å². The Morgan fingerprint density at radius 3 is 2.82 bits per heavy atom. The predicted molar refractivity (Wildman–Crippen MR) is 90.7 cm³/mol. The highest BCUT2D eigenvalue weighted by Crippen LogP contribution is 2.28. The second-order valence-corrected chi connectivity index (χ2v) is 5.95. The van der Waals surface area contributed by atoms with E-state index < -0.39 is 0 Å². The predicted octanol–water partition coefficient (Wildman–Crippen LogP) is 2.91. The van der Waals surface area contributed by atoms with Gasteiger partial charge in [0.15, 0.2) is 0 Å². The summed E-state index contributed by atoms with van der Waals surface area (Å²) in [7, 11) is 2.15. The molecule has 1 aliphatic rings. The van der Waals surface area contributed by atoms with Crippen LogP contribution in [0.5, 0.6) is 0 Å². The van der Waals surface area contributed by atoms with Gasteiger partial charge in [-0.25, -0.2) is 0 Å². The zero-order chi connectivity index (χ0) is 15.1. The Hall–Kier alpha value is -2.55. The van der Waals surface area contributed by atoms with E-state index in [4.69, 9.17) is 0 Å². The van der Waals surface area contributed by atoms with Crippen molar-refractivity contribution in [3.05, 3.63) is 66.0 Å². The minimum absolute atomic E-state index is 1.01. The van der Waals surface area contributed by atoms with Gasteiger partial charge in [0.2, 0.25) is 0 Å². The van der Waals surface area contributed by atoms with Gasteiger partial charge in [-0.2, -0.15) is 0 Å². The van der Waals surface area contributed by atoms with E-state index in [-0.39, 0.29) is 0 Å². The number of hydrogen-bond donors (Lipinski definition) is 1. The monoisotopic (exact) mass is 290 g/mol. The number of amidine groups is 1. The second kappa shape index (κ2) is 5.02. The molecule has 0 saturated heterocycles. The number of likely N-dealkylation sites (N-methyl/N-ethyl adjacent to an activating group) is 1. The van der Waals surface area contributed by atoms with E-state index in [2.05, 4.69) is 83.1 Å². The van der Waals surface area contributed by atoms with Gasteiger partial charge in [-0.05, 0) is 47.9 Å². The topological polar surface area (TPSA) is 19.4 Å². The molecule has 0 saturated carbocycles. The van der Waals surface area contributed by atoms with Crippen LogP contribution in [0.15, 0.2) is 54.9 Å². The van der Waals surface area contributed by atoms with Gasteiger partial charge in [0.1, 0.15) is 13.1 Å². The van der Waals surface area contributed by atoms with E-state index in [1.54, 1.807) is 0 Å². The van der Waals surface area contributed by atoms with Gasteiger partial charge in [-0.1, -0.05) is 18.2 Å². The third-order valence-corrected chi connectivity index (χ3v) is 4.47. The molecular formula is C19H20N3+. The van der Waals surface area contributed by atoms with Crippen molar-refractivity contribution >= 4 is 11.4 Å². The molecule has 1 N–H and O–H groups in total. The van der Waals surface area contributed by atoms with Crippen LogP contribution in [0.25, 0.3) is 16.6 Å². The van der Waals surface area contributed by atoms with Crippen LogP contribution in [0.3, 0.4) is 0 Å². The minimum Gasteiger partial charge on any atom is -0.324 e. The summed E-state index contributed by atoms with van der Waals surface area (Å²) in [5.74, 6) is 1.24. The maximum atomic E-state index is 3.54. The summed E-state index contributed by atoms with van der Waals surface area (Å²) >= 11 is 0. The van der Waals surface area contributed by atoms with Crippen molar-refractivity contribution in [3.63, 3.8) is 0 Å². The highest BCUT2D eigenvalue weighted by molar-refractivity contribution is 6.03. The van der Waals surface area contributed by atoms with Gasteiger partial charge in [0.05, 0.1) is 12.6 Å². The van der Waals surface area contributed by atoms with Crippen molar-refractivity contribution < 1.29 is 4.58 Å². The van der Waals surface area contributed by atoms with Gasteiger partial charge >= 0.3 is 0 Å². The third kappa shape index (κ3) is 2.01. The van der Waals surface area contributed by atoms with Crippen molar-refractivity contribution in [3.8, 4) is 11.1 Å². The molecule has 0 radical (unpaired) electrons. The van der Waals surface area contributed by atoms with Gasteiger partial charge < -0.3 is 4.40 Å². The molecule has 3 nitrogen and oxygen atoms in total. The molecule has 3 heterocycles. The number of rotatable bonds is 2. The summed E-state index contributed by atoms with van der Waals surface area (Å²) in [6.45, 7) is 4.26. The molecular weight excluding hydrogens is 270 g/mol. The molecule has 0 fully saturated rings. The largest absolute Gasteiger partial charge is 0.324 e. The first-order valence-electron chi connectivity index (χ1n) is 7.73. The molecule has 0 amide bonds. The molecule has 1 aromatic carbocycles. The lowest BCUT2D eigenvalue weighted by Crippen LogP contribution is -2.24. The van der Waals surface area contributed by atoms with E-state index in [1.165, 1.54) is 33.6 Å². The van der Waals surface area contributed by atoms with Crippen molar-refractivity contribution in [2.24, 2.45) is 0 Å². The summed E-state index contributed by atoms with van der Waals surface area (Å²) in [6.07, 6.45) is 4.21. The maximum Gasteiger partial charge on any atom is 0.278 e. The summed E-state index contributed by atoms with van der Waals surface area (Å²) in [5.41, 5.74) is 6.41. The van der Waals surface area contributed by atoms with Crippen LogP contribution in [0.4, 0.5) is 0 Å². The molecule has 0 atom stereocenters. The van der Waals surface area contributed by atoms with Crippen LogP contribution < -0.4 is 5.32 Å². The summed E-state index contributed by atoms with van der Waals surface area (Å²) < 4.78 is 4.45. The van der Waals surface area contributed by atoms with Crippen molar-refractivity contribution in [1.82, 2.24) is 9.72 Å². The zero-order valence-corrected chi connectivity index (χ0v) is 13.0. The molecule has 0 unspecified atom stereocenters. The van der Waals surface area contributed by atoms with Crippen LogP contribution >= 0.6 is 0 Å². The number of benzene rings is 1. The van der Waals surface area contributed by atoms with Gasteiger partial charge in [0.25, 0.3) is 5.84 Å². The van der Waals surface area contributed by atoms with Crippen LogP contribution in [0.1, 0.15) is 11.1 Å². The molecule has 0 bridgehead atoms. The lowest BCUT2D eigenvalue weighted by Gasteiger charge is -2.12. The zero-order valence-electron chi connectivity index (χ0n) is 13.0. The summed E-state index contributed by atoms with van der Waals surface area (Å²) in [5, 5.41) is 3.54. The Kier molecular flexibility index (Phi) is 3.00. The minimum atomic E-state index is 1.01. The quantitative estimate of drug-likeness (QED) is 0.719. The van der Waals surface area contributed by atoms with Crippen molar-refractivity contribution in [2.75, 3.05) is 20.1 Å². The van der Waals surface area contributed by atoms with Gasteiger partial charge in [-0.15, -0.1) is 0 Å². The molecule has 22 heavy (non-hydrogen) atoms. The normalized spacial score (nSPS) is 14.6. The summed E-state index contributed by atoms with van der Waals surface area (Å²) in [6, 6.07) is 15.2. The molecule has 4 rings (SSSR count). The van der Waals surface area contributed by atoms with Crippen LogP contribution in [0, 0.1) is 6.92 Å². The Morgan fingerprint density at radius 2 is 2.00 bits per heavy atom. The SMILES string of the molecule is Cc1cccc(-c2ccn3cccc3c2)c1C1=[N+](C)CCN1. The Balaban J connectivity index is 1.95. The first kappa shape index (κ1) is 13.1. The number of aryl methyl sites for hydroxylation is 1. The molecule has 1 aliphatic heterocycles. The average Bonchev–Trinajstić information content (AvgIpc) is 3.15. The smallest absolute Gasteiger partial charge is 0.278 e. The molecule has 2 aromatic heterocycles. The maximum absolute atomic E-state index is 3.54. The lowest BCUT2D eigenvalue weighted by atomic mass is 9.95. The van der Waals surface area contributed by atoms with Gasteiger partial charge in [0, 0.05) is 17.9 Å². The van der Waals surface area contributed by atoms with Gasteiger partial charge in [-0.3, -0.25) is 9.89 Å². The van der Waals surface area contributed by atoms with Crippen molar-refractivity contribution in [1.29, 1.82) is 0 Å². The highest BCUT2D eigenvalue weighted by atomic mass is 15.2. The lowest BCUT2D eigenvalue weighted by molar-refractivity contribution is -0.485. The molecule has 3 heteroatoms.